The molecule has 1 fully saturated rings. The maximum absolute atomic E-state index is 6.19. The lowest BCUT2D eigenvalue weighted by Gasteiger charge is -2.36. The lowest BCUT2D eigenvalue weighted by molar-refractivity contribution is 0.271. The minimum absolute atomic E-state index is 0.229. The van der Waals surface area contributed by atoms with E-state index < -0.39 is 0 Å². The van der Waals surface area contributed by atoms with Gasteiger partial charge in [0.1, 0.15) is 0 Å². The van der Waals surface area contributed by atoms with Crippen molar-refractivity contribution in [2.45, 2.75) is 32.7 Å². The van der Waals surface area contributed by atoms with Crippen LogP contribution in [0.2, 0.25) is 5.02 Å². The molecular formula is C16H26ClN3. The van der Waals surface area contributed by atoms with Crippen LogP contribution < -0.4 is 10.6 Å². The molecule has 1 saturated heterocycles. The van der Waals surface area contributed by atoms with E-state index in [1.807, 2.05) is 6.07 Å². The molecular weight excluding hydrogens is 270 g/mol. The molecule has 0 saturated carbocycles. The zero-order valence-corrected chi connectivity index (χ0v) is 13.4. The Morgan fingerprint density at radius 3 is 2.50 bits per heavy atom. The van der Waals surface area contributed by atoms with Crippen LogP contribution in [0.4, 0.5) is 5.69 Å². The Labute approximate surface area is 127 Å². The molecule has 1 heterocycles. The number of nitrogens with zero attached hydrogens (tertiary/aromatic N) is 2. The van der Waals surface area contributed by atoms with Crippen molar-refractivity contribution in [2.75, 3.05) is 37.6 Å². The zero-order valence-electron chi connectivity index (χ0n) is 12.6. The van der Waals surface area contributed by atoms with Gasteiger partial charge in [0.15, 0.2) is 0 Å². The van der Waals surface area contributed by atoms with Crippen molar-refractivity contribution in [3.63, 3.8) is 0 Å². The Kier molecular flexibility index (Phi) is 5.70. The molecule has 0 bridgehead atoms. The van der Waals surface area contributed by atoms with Crippen LogP contribution >= 0.6 is 11.6 Å². The van der Waals surface area contributed by atoms with Gasteiger partial charge in [-0.05, 0) is 37.1 Å². The van der Waals surface area contributed by atoms with Gasteiger partial charge in [0.25, 0.3) is 0 Å². The van der Waals surface area contributed by atoms with Gasteiger partial charge in [-0.15, -0.1) is 0 Å². The first-order valence-corrected chi connectivity index (χ1v) is 8.03. The summed E-state index contributed by atoms with van der Waals surface area (Å²) in [7, 11) is 0. The third-order valence-corrected chi connectivity index (χ3v) is 4.45. The highest BCUT2D eigenvalue weighted by atomic mass is 35.5. The number of piperazine rings is 1. The molecule has 0 aromatic heterocycles. The highest BCUT2D eigenvalue weighted by Gasteiger charge is 2.19. The molecule has 0 amide bonds. The molecule has 1 aromatic carbocycles. The molecule has 1 aliphatic heterocycles. The Balaban J connectivity index is 2.15. The van der Waals surface area contributed by atoms with E-state index in [1.165, 1.54) is 11.3 Å². The van der Waals surface area contributed by atoms with Gasteiger partial charge in [0.2, 0.25) is 0 Å². The monoisotopic (exact) mass is 295 g/mol. The molecule has 1 unspecified atom stereocenters. The fourth-order valence-electron chi connectivity index (χ4n) is 2.74. The molecule has 0 aliphatic carbocycles. The van der Waals surface area contributed by atoms with Gasteiger partial charge in [0, 0.05) is 42.9 Å². The van der Waals surface area contributed by atoms with Gasteiger partial charge in [-0.25, -0.2) is 0 Å². The molecule has 3 nitrogen and oxygen atoms in total. The number of hydrogen-bond acceptors (Lipinski definition) is 3. The average Bonchev–Trinajstić information content (AvgIpc) is 2.49. The standard InChI is InChI=1S/C16H26ClN3/c1-3-15(18)11-13-5-6-14(17)12-16(13)20-9-7-19(4-2)8-10-20/h5-6,12,15H,3-4,7-11,18H2,1-2H3. The molecule has 0 spiro atoms. The van der Waals surface area contributed by atoms with E-state index in [0.717, 1.165) is 50.6 Å². The Morgan fingerprint density at radius 2 is 1.90 bits per heavy atom. The maximum Gasteiger partial charge on any atom is 0.0426 e. The van der Waals surface area contributed by atoms with Gasteiger partial charge in [-0.3, -0.25) is 0 Å². The zero-order chi connectivity index (χ0) is 14.5. The fourth-order valence-corrected chi connectivity index (χ4v) is 2.90. The van der Waals surface area contributed by atoms with Crippen molar-refractivity contribution in [1.82, 2.24) is 4.90 Å². The van der Waals surface area contributed by atoms with Crippen LogP contribution in [0.5, 0.6) is 0 Å². The van der Waals surface area contributed by atoms with Crippen molar-refractivity contribution in [2.24, 2.45) is 5.73 Å². The van der Waals surface area contributed by atoms with Crippen molar-refractivity contribution in [3.05, 3.63) is 28.8 Å². The van der Waals surface area contributed by atoms with E-state index in [2.05, 4.69) is 35.8 Å². The van der Waals surface area contributed by atoms with Gasteiger partial charge in [-0.1, -0.05) is 31.5 Å². The van der Waals surface area contributed by atoms with Crippen molar-refractivity contribution < 1.29 is 0 Å². The molecule has 1 aliphatic rings. The maximum atomic E-state index is 6.19. The van der Waals surface area contributed by atoms with E-state index in [0.29, 0.717) is 0 Å². The molecule has 2 rings (SSSR count). The highest BCUT2D eigenvalue weighted by Crippen LogP contribution is 2.27. The minimum Gasteiger partial charge on any atom is -0.369 e. The second kappa shape index (κ2) is 7.30. The minimum atomic E-state index is 0.229. The Bertz CT molecular complexity index is 428. The summed E-state index contributed by atoms with van der Waals surface area (Å²) in [5.41, 5.74) is 8.73. The predicted molar refractivity (Wildman–Crippen MR) is 87.7 cm³/mol. The first-order valence-electron chi connectivity index (χ1n) is 7.65. The van der Waals surface area contributed by atoms with Crippen LogP contribution in [-0.2, 0) is 6.42 Å². The summed E-state index contributed by atoms with van der Waals surface area (Å²) in [6.45, 7) is 9.90. The number of anilines is 1. The summed E-state index contributed by atoms with van der Waals surface area (Å²) in [6, 6.07) is 6.44. The van der Waals surface area contributed by atoms with E-state index in [1.54, 1.807) is 0 Å². The third-order valence-electron chi connectivity index (χ3n) is 4.21. The molecule has 1 aromatic rings. The van der Waals surface area contributed by atoms with Crippen LogP contribution in [0.3, 0.4) is 0 Å². The third kappa shape index (κ3) is 3.87. The summed E-state index contributed by atoms with van der Waals surface area (Å²) in [6.07, 6.45) is 1.93. The highest BCUT2D eigenvalue weighted by molar-refractivity contribution is 6.30. The topological polar surface area (TPSA) is 32.5 Å². The van der Waals surface area contributed by atoms with E-state index in [-0.39, 0.29) is 6.04 Å². The number of likely N-dealkylation sites (N-methyl/N-ethyl adjacent to an activating group) is 1. The van der Waals surface area contributed by atoms with Crippen LogP contribution in [0.25, 0.3) is 0 Å². The fraction of sp³-hybridized carbons (Fsp3) is 0.625. The summed E-state index contributed by atoms with van der Waals surface area (Å²) in [5.74, 6) is 0. The quantitative estimate of drug-likeness (QED) is 0.907. The molecule has 2 N–H and O–H groups in total. The number of hydrogen-bond donors (Lipinski definition) is 1. The van der Waals surface area contributed by atoms with Crippen molar-refractivity contribution >= 4 is 17.3 Å². The van der Waals surface area contributed by atoms with E-state index in [4.69, 9.17) is 17.3 Å². The van der Waals surface area contributed by atoms with Crippen molar-refractivity contribution in [3.8, 4) is 0 Å². The molecule has 4 heteroatoms. The lowest BCUT2D eigenvalue weighted by Crippen LogP contribution is -2.46. The number of halogens is 1. The second-order valence-electron chi connectivity index (χ2n) is 5.57. The number of benzene rings is 1. The SMILES string of the molecule is CCC(N)Cc1ccc(Cl)cc1N1CCN(CC)CC1. The van der Waals surface area contributed by atoms with E-state index in [9.17, 15) is 0 Å². The van der Waals surface area contributed by atoms with Crippen molar-refractivity contribution in [1.29, 1.82) is 0 Å². The molecule has 0 radical (unpaired) electrons. The summed E-state index contributed by atoms with van der Waals surface area (Å²) in [5, 5.41) is 0.812. The second-order valence-corrected chi connectivity index (χ2v) is 6.00. The summed E-state index contributed by atoms with van der Waals surface area (Å²) >= 11 is 6.19. The van der Waals surface area contributed by atoms with Gasteiger partial charge in [-0.2, -0.15) is 0 Å². The Morgan fingerprint density at radius 1 is 1.20 bits per heavy atom. The summed E-state index contributed by atoms with van der Waals surface area (Å²) in [4.78, 5) is 4.94. The first-order chi connectivity index (χ1) is 9.63. The smallest absolute Gasteiger partial charge is 0.0426 e. The molecule has 112 valence electrons. The van der Waals surface area contributed by atoms with Gasteiger partial charge in [0.05, 0.1) is 0 Å². The van der Waals surface area contributed by atoms with Crippen LogP contribution in [0.15, 0.2) is 18.2 Å². The lowest BCUT2D eigenvalue weighted by atomic mass is 10.0. The largest absolute Gasteiger partial charge is 0.369 e. The molecule has 20 heavy (non-hydrogen) atoms. The number of nitrogens with two attached hydrogens (primary N) is 1. The van der Waals surface area contributed by atoms with Crippen LogP contribution in [0.1, 0.15) is 25.8 Å². The Hall–Kier alpha value is -0.770. The van der Waals surface area contributed by atoms with Crippen LogP contribution in [-0.4, -0.2) is 43.7 Å². The predicted octanol–water partition coefficient (Wildman–Crippen LogP) is 2.76. The normalized spacial score (nSPS) is 18.3. The molecule has 1 atom stereocenters. The van der Waals surface area contributed by atoms with Crippen LogP contribution in [0, 0.1) is 0 Å². The van der Waals surface area contributed by atoms with E-state index >= 15 is 0 Å². The first kappa shape index (κ1) is 15.6. The summed E-state index contributed by atoms with van der Waals surface area (Å²) < 4.78 is 0. The van der Waals surface area contributed by atoms with Gasteiger partial charge < -0.3 is 15.5 Å². The van der Waals surface area contributed by atoms with Gasteiger partial charge >= 0.3 is 0 Å². The average molecular weight is 296 g/mol. The number of rotatable bonds is 5.